The van der Waals surface area contributed by atoms with Crippen LogP contribution in [0.4, 0.5) is 0 Å². The van der Waals surface area contributed by atoms with Crippen LogP contribution in [0.15, 0.2) is 11.8 Å². The summed E-state index contributed by atoms with van der Waals surface area (Å²) in [5, 5.41) is 0. The minimum Gasteiger partial charge on any atom is -0.378 e. The predicted molar refractivity (Wildman–Crippen MR) is 63.2 cm³/mol. The Morgan fingerprint density at radius 2 is 2.12 bits per heavy atom. The molecule has 1 saturated heterocycles. The van der Waals surface area contributed by atoms with Gasteiger partial charge >= 0.3 is 0 Å². The van der Waals surface area contributed by atoms with E-state index in [1.165, 1.54) is 5.70 Å². The molecule has 1 atom stereocenters. The van der Waals surface area contributed by atoms with Crippen molar-refractivity contribution in [2.45, 2.75) is 45.1 Å². The zero-order chi connectivity index (χ0) is 11.4. The predicted octanol–water partition coefficient (Wildman–Crippen LogP) is 2.12. The zero-order valence-electron chi connectivity index (χ0n) is 10.1. The zero-order valence-corrected chi connectivity index (χ0v) is 10.1. The topological polar surface area (TPSA) is 29.5 Å². The summed E-state index contributed by atoms with van der Waals surface area (Å²) in [5.41, 5.74) is 1.43. The number of carbonyl (C=O) groups excluding carboxylic acids is 1. The number of likely N-dealkylation sites (tertiary alicyclic amines) is 1. The summed E-state index contributed by atoms with van der Waals surface area (Å²) in [5.74, 6) is 0.417. The Morgan fingerprint density at radius 1 is 1.38 bits per heavy atom. The third kappa shape index (κ3) is 2.85. The molecular formula is C13H21NO2. The molecule has 1 aliphatic heterocycles. The van der Waals surface area contributed by atoms with Crippen molar-refractivity contribution in [2.75, 3.05) is 19.7 Å². The van der Waals surface area contributed by atoms with Crippen LogP contribution in [0.3, 0.4) is 0 Å². The largest absolute Gasteiger partial charge is 0.378 e. The van der Waals surface area contributed by atoms with Crippen LogP contribution in [-0.4, -0.2) is 36.5 Å². The summed E-state index contributed by atoms with van der Waals surface area (Å²) in [6.45, 7) is 4.70. The highest BCUT2D eigenvalue weighted by Gasteiger charge is 2.21. The molecule has 1 heterocycles. The van der Waals surface area contributed by atoms with Crippen molar-refractivity contribution < 1.29 is 9.53 Å². The second kappa shape index (κ2) is 5.48. The molecule has 0 radical (unpaired) electrons. The minimum atomic E-state index is 0.417. The number of rotatable bonds is 3. The lowest BCUT2D eigenvalue weighted by molar-refractivity contribution is -0.121. The average Bonchev–Trinajstić information content (AvgIpc) is 2.32. The summed E-state index contributed by atoms with van der Waals surface area (Å²) in [7, 11) is 0. The summed E-state index contributed by atoms with van der Waals surface area (Å²) >= 11 is 0. The SMILES string of the molecule is CCO[C@H]1CC=C(N2CCC(=O)CC2)CC1. The summed E-state index contributed by atoms with van der Waals surface area (Å²) in [6.07, 6.45) is 7.45. The fraction of sp³-hybridized carbons (Fsp3) is 0.769. The number of Topliss-reactive ketones (excluding diaryl/α,β-unsaturated/α-hetero) is 1. The van der Waals surface area contributed by atoms with Gasteiger partial charge in [0.2, 0.25) is 0 Å². The maximum absolute atomic E-state index is 11.2. The van der Waals surface area contributed by atoms with Crippen molar-refractivity contribution in [1.29, 1.82) is 0 Å². The van der Waals surface area contributed by atoms with Crippen LogP contribution in [0.25, 0.3) is 0 Å². The first kappa shape index (κ1) is 11.6. The van der Waals surface area contributed by atoms with Crippen molar-refractivity contribution in [3.05, 3.63) is 11.8 Å². The van der Waals surface area contributed by atoms with Crippen molar-refractivity contribution >= 4 is 5.78 Å². The fourth-order valence-corrected chi connectivity index (χ4v) is 2.51. The van der Waals surface area contributed by atoms with Crippen molar-refractivity contribution in [3.63, 3.8) is 0 Å². The van der Waals surface area contributed by atoms with E-state index < -0.39 is 0 Å². The van der Waals surface area contributed by atoms with Crippen LogP contribution >= 0.6 is 0 Å². The molecular weight excluding hydrogens is 202 g/mol. The molecule has 1 fully saturated rings. The molecule has 0 aromatic rings. The normalized spacial score (nSPS) is 26.8. The van der Waals surface area contributed by atoms with Gasteiger partial charge in [0.1, 0.15) is 5.78 Å². The molecule has 3 heteroatoms. The van der Waals surface area contributed by atoms with Gasteiger partial charge in [-0.15, -0.1) is 0 Å². The third-order valence-electron chi connectivity index (χ3n) is 3.47. The third-order valence-corrected chi connectivity index (χ3v) is 3.47. The first-order valence-electron chi connectivity index (χ1n) is 6.37. The highest BCUT2D eigenvalue weighted by molar-refractivity contribution is 5.79. The number of hydrogen-bond donors (Lipinski definition) is 0. The van der Waals surface area contributed by atoms with Gasteiger partial charge in [0.25, 0.3) is 0 Å². The van der Waals surface area contributed by atoms with Crippen molar-refractivity contribution in [2.24, 2.45) is 0 Å². The fourth-order valence-electron chi connectivity index (χ4n) is 2.51. The molecule has 90 valence electrons. The highest BCUT2D eigenvalue weighted by atomic mass is 16.5. The maximum atomic E-state index is 11.2. The molecule has 2 rings (SSSR count). The second-order valence-corrected chi connectivity index (χ2v) is 4.57. The quantitative estimate of drug-likeness (QED) is 0.734. The van der Waals surface area contributed by atoms with Gasteiger partial charge in [0.15, 0.2) is 0 Å². The molecule has 1 aliphatic carbocycles. The molecule has 0 saturated carbocycles. The van der Waals surface area contributed by atoms with E-state index in [4.69, 9.17) is 4.74 Å². The van der Waals surface area contributed by atoms with Crippen LogP contribution in [0.2, 0.25) is 0 Å². The molecule has 3 nitrogen and oxygen atoms in total. The Kier molecular flexibility index (Phi) is 3.99. The number of ether oxygens (including phenoxy) is 1. The Balaban J connectivity index is 1.84. The number of nitrogens with zero attached hydrogens (tertiary/aromatic N) is 1. The number of hydrogen-bond acceptors (Lipinski definition) is 3. The number of piperidine rings is 1. The monoisotopic (exact) mass is 223 g/mol. The number of ketones is 1. The van der Waals surface area contributed by atoms with E-state index in [0.29, 0.717) is 11.9 Å². The van der Waals surface area contributed by atoms with Crippen LogP contribution < -0.4 is 0 Å². The lowest BCUT2D eigenvalue weighted by atomic mass is 9.99. The first-order chi connectivity index (χ1) is 7.79. The summed E-state index contributed by atoms with van der Waals surface area (Å²) < 4.78 is 5.62. The molecule has 0 spiro atoms. The van der Waals surface area contributed by atoms with Gasteiger partial charge < -0.3 is 9.64 Å². The van der Waals surface area contributed by atoms with E-state index in [0.717, 1.165) is 51.8 Å². The highest BCUT2D eigenvalue weighted by Crippen LogP contribution is 2.25. The maximum Gasteiger partial charge on any atom is 0.136 e. The Bertz CT molecular complexity index is 276. The molecule has 0 N–H and O–H groups in total. The van der Waals surface area contributed by atoms with Gasteiger partial charge in [0, 0.05) is 38.2 Å². The minimum absolute atomic E-state index is 0.417. The summed E-state index contributed by atoms with van der Waals surface area (Å²) in [4.78, 5) is 13.5. The molecule has 0 bridgehead atoms. The number of allylic oxidation sites excluding steroid dienone is 1. The van der Waals surface area contributed by atoms with Crippen molar-refractivity contribution in [1.82, 2.24) is 4.90 Å². The van der Waals surface area contributed by atoms with E-state index in [9.17, 15) is 4.79 Å². The molecule has 0 aromatic heterocycles. The Labute approximate surface area is 97.5 Å². The van der Waals surface area contributed by atoms with Crippen LogP contribution in [0, 0.1) is 0 Å². The van der Waals surface area contributed by atoms with Gasteiger partial charge in [-0.2, -0.15) is 0 Å². The Morgan fingerprint density at radius 3 is 2.69 bits per heavy atom. The molecule has 0 aromatic carbocycles. The standard InChI is InChI=1S/C13H21NO2/c1-2-16-13-5-3-11(4-6-13)14-9-7-12(15)8-10-14/h3,13H,2,4-10H2,1H3/t13-/m0/s1. The Hall–Kier alpha value is -0.830. The van der Waals surface area contributed by atoms with Crippen LogP contribution in [0.5, 0.6) is 0 Å². The van der Waals surface area contributed by atoms with Gasteiger partial charge in [-0.05, 0) is 26.2 Å². The summed E-state index contributed by atoms with van der Waals surface area (Å²) in [6, 6.07) is 0. The molecule has 16 heavy (non-hydrogen) atoms. The van der Waals surface area contributed by atoms with Gasteiger partial charge in [-0.3, -0.25) is 4.79 Å². The van der Waals surface area contributed by atoms with E-state index >= 15 is 0 Å². The number of carbonyl (C=O) groups is 1. The van der Waals surface area contributed by atoms with Crippen LogP contribution in [-0.2, 0) is 9.53 Å². The molecule has 2 aliphatic rings. The van der Waals surface area contributed by atoms with Crippen LogP contribution in [0.1, 0.15) is 39.0 Å². The average molecular weight is 223 g/mol. The lowest BCUT2D eigenvalue weighted by Gasteiger charge is -2.33. The van der Waals surface area contributed by atoms with E-state index in [2.05, 4.69) is 17.9 Å². The van der Waals surface area contributed by atoms with E-state index in [-0.39, 0.29) is 0 Å². The lowest BCUT2D eigenvalue weighted by Crippen LogP contribution is -2.34. The van der Waals surface area contributed by atoms with Crippen molar-refractivity contribution in [3.8, 4) is 0 Å². The van der Waals surface area contributed by atoms with Gasteiger partial charge in [-0.25, -0.2) is 0 Å². The first-order valence-corrected chi connectivity index (χ1v) is 6.37. The smallest absolute Gasteiger partial charge is 0.136 e. The van der Waals surface area contributed by atoms with Gasteiger partial charge in [0.05, 0.1) is 6.10 Å². The van der Waals surface area contributed by atoms with E-state index in [1.807, 2.05) is 0 Å². The van der Waals surface area contributed by atoms with Gasteiger partial charge in [-0.1, -0.05) is 6.08 Å². The van der Waals surface area contributed by atoms with E-state index in [1.54, 1.807) is 0 Å². The molecule has 0 unspecified atom stereocenters. The molecule has 0 amide bonds. The second-order valence-electron chi connectivity index (χ2n) is 4.57.